The van der Waals surface area contributed by atoms with Crippen LogP contribution in [0.4, 0.5) is 0 Å². The van der Waals surface area contributed by atoms with Crippen LogP contribution in [0.25, 0.3) is 0 Å². The number of carboxylic acids is 1. The maximum atomic E-state index is 10.2. The Morgan fingerprint density at radius 2 is 2.00 bits per heavy atom. The van der Waals surface area contributed by atoms with Crippen molar-refractivity contribution in [3.63, 3.8) is 0 Å². The Bertz CT molecular complexity index is 380. The van der Waals surface area contributed by atoms with E-state index in [0.29, 0.717) is 12.5 Å². The molecular formula is C14H19NO2. The molecule has 0 radical (unpaired) electrons. The number of aliphatic carboxylic acids is 1. The molecule has 0 saturated carbocycles. The molecule has 3 nitrogen and oxygen atoms in total. The summed E-state index contributed by atoms with van der Waals surface area (Å²) in [4.78, 5) is 10.2. The molecule has 0 aromatic heterocycles. The molecule has 1 aromatic carbocycles. The fourth-order valence-corrected chi connectivity index (χ4v) is 1.48. The first-order valence-electron chi connectivity index (χ1n) is 5.78. The largest absolute Gasteiger partial charge is 0.478 e. The van der Waals surface area contributed by atoms with Crippen molar-refractivity contribution in [2.45, 2.75) is 26.3 Å². The van der Waals surface area contributed by atoms with Crippen molar-refractivity contribution in [1.82, 2.24) is 5.32 Å². The van der Waals surface area contributed by atoms with Crippen LogP contribution in [0, 0.1) is 0 Å². The fourth-order valence-electron chi connectivity index (χ4n) is 1.48. The molecule has 0 amide bonds. The van der Waals surface area contributed by atoms with Crippen LogP contribution < -0.4 is 5.32 Å². The monoisotopic (exact) mass is 233 g/mol. The molecule has 0 spiro atoms. The van der Waals surface area contributed by atoms with Gasteiger partial charge in [-0.1, -0.05) is 44.2 Å². The van der Waals surface area contributed by atoms with Crippen molar-refractivity contribution in [2.75, 3.05) is 6.54 Å². The molecule has 0 aliphatic rings. The molecule has 1 aromatic rings. The van der Waals surface area contributed by atoms with Crippen molar-refractivity contribution in [3.8, 4) is 0 Å². The summed E-state index contributed by atoms with van der Waals surface area (Å²) >= 11 is 0. The van der Waals surface area contributed by atoms with Gasteiger partial charge in [0, 0.05) is 19.2 Å². The molecule has 92 valence electrons. The molecule has 0 saturated heterocycles. The summed E-state index contributed by atoms with van der Waals surface area (Å²) in [7, 11) is 0. The fraction of sp³-hybridized carbons (Fsp3) is 0.357. The Balaban J connectivity index is 2.35. The first-order valence-corrected chi connectivity index (χ1v) is 5.78. The minimum Gasteiger partial charge on any atom is -0.478 e. The Labute approximate surface area is 102 Å². The van der Waals surface area contributed by atoms with E-state index in [-0.39, 0.29) is 0 Å². The van der Waals surface area contributed by atoms with Crippen LogP contribution in [0.1, 0.15) is 30.9 Å². The lowest BCUT2D eigenvalue weighted by atomic mass is 10.0. The summed E-state index contributed by atoms with van der Waals surface area (Å²) in [6.07, 6.45) is 2.75. The van der Waals surface area contributed by atoms with Crippen LogP contribution in [0.5, 0.6) is 0 Å². The van der Waals surface area contributed by atoms with E-state index < -0.39 is 5.97 Å². The normalized spacial score (nSPS) is 11.2. The third-order valence-corrected chi connectivity index (χ3v) is 2.50. The predicted octanol–water partition coefficient (Wildman–Crippen LogP) is 2.54. The highest BCUT2D eigenvalue weighted by Gasteiger charge is 1.98. The third kappa shape index (κ3) is 5.31. The predicted molar refractivity (Wildman–Crippen MR) is 69.0 cm³/mol. The average Bonchev–Trinajstić information content (AvgIpc) is 2.29. The number of nitrogens with one attached hydrogen (secondary N) is 1. The maximum absolute atomic E-state index is 10.2. The second-order valence-electron chi connectivity index (χ2n) is 4.27. The number of benzene rings is 1. The van der Waals surface area contributed by atoms with E-state index in [1.165, 1.54) is 11.1 Å². The van der Waals surface area contributed by atoms with Crippen LogP contribution in [0.2, 0.25) is 0 Å². The molecule has 0 heterocycles. The first kappa shape index (κ1) is 13.5. The standard InChI is InChI=1S/C14H19NO2/c1-11(2)13-7-5-12(6-8-13)10-15-9-3-4-14(16)17/h3-8,11,15H,9-10H2,1-2H3,(H,16,17)/b4-3+. The molecular weight excluding hydrogens is 214 g/mol. The highest BCUT2D eigenvalue weighted by Crippen LogP contribution is 2.14. The van der Waals surface area contributed by atoms with Crippen LogP contribution in [0.15, 0.2) is 36.4 Å². The summed E-state index contributed by atoms with van der Waals surface area (Å²) in [5, 5.41) is 11.6. The number of carbonyl (C=O) groups is 1. The van der Waals surface area contributed by atoms with Gasteiger partial charge in [0.05, 0.1) is 0 Å². The molecule has 0 bridgehead atoms. The van der Waals surface area contributed by atoms with E-state index in [1.54, 1.807) is 6.08 Å². The van der Waals surface area contributed by atoms with Crippen molar-refractivity contribution in [1.29, 1.82) is 0 Å². The first-order chi connectivity index (χ1) is 8.09. The minimum absolute atomic E-state index is 0.551. The number of hydrogen-bond acceptors (Lipinski definition) is 2. The second-order valence-corrected chi connectivity index (χ2v) is 4.27. The summed E-state index contributed by atoms with van der Waals surface area (Å²) < 4.78 is 0. The zero-order valence-electron chi connectivity index (χ0n) is 10.3. The Morgan fingerprint density at radius 1 is 1.35 bits per heavy atom. The third-order valence-electron chi connectivity index (χ3n) is 2.50. The highest BCUT2D eigenvalue weighted by molar-refractivity contribution is 5.79. The topological polar surface area (TPSA) is 49.3 Å². The lowest BCUT2D eigenvalue weighted by molar-refractivity contribution is -0.131. The van der Waals surface area contributed by atoms with Gasteiger partial charge in [0.15, 0.2) is 0 Å². The van der Waals surface area contributed by atoms with Crippen molar-refractivity contribution in [2.24, 2.45) is 0 Å². The average molecular weight is 233 g/mol. The SMILES string of the molecule is CC(C)c1ccc(CNC/C=C/C(=O)O)cc1. The zero-order valence-corrected chi connectivity index (χ0v) is 10.3. The Morgan fingerprint density at radius 3 is 2.53 bits per heavy atom. The lowest BCUT2D eigenvalue weighted by Crippen LogP contribution is -2.13. The van der Waals surface area contributed by atoms with E-state index >= 15 is 0 Å². The Hall–Kier alpha value is -1.61. The maximum Gasteiger partial charge on any atom is 0.328 e. The van der Waals surface area contributed by atoms with E-state index in [1.807, 2.05) is 0 Å². The number of hydrogen-bond donors (Lipinski definition) is 2. The van der Waals surface area contributed by atoms with Gasteiger partial charge in [0.25, 0.3) is 0 Å². The molecule has 1 rings (SSSR count). The van der Waals surface area contributed by atoms with Crippen molar-refractivity contribution >= 4 is 5.97 Å². The quantitative estimate of drug-likeness (QED) is 0.586. The summed E-state index contributed by atoms with van der Waals surface area (Å²) in [6.45, 7) is 5.66. The zero-order chi connectivity index (χ0) is 12.7. The van der Waals surface area contributed by atoms with E-state index in [0.717, 1.165) is 12.6 Å². The Kier molecular flexibility index (Phi) is 5.43. The van der Waals surface area contributed by atoms with E-state index in [2.05, 4.69) is 43.4 Å². The lowest BCUT2D eigenvalue weighted by Gasteiger charge is -2.07. The molecule has 0 aliphatic carbocycles. The molecule has 17 heavy (non-hydrogen) atoms. The summed E-state index contributed by atoms with van der Waals surface area (Å²) in [5.41, 5.74) is 2.54. The summed E-state index contributed by atoms with van der Waals surface area (Å²) in [6, 6.07) is 8.47. The van der Waals surface area contributed by atoms with Gasteiger partial charge in [0.1, 0.15) is 0 Å². The number of rotatable bonds is 6. The molecule has 0 unspecified atom stereocenters. The second kappa shape index (κ2) is 6.86. The van der Waals surface area contributed by atoms with Gasteiger partial charge in [0.2, 0.25) is 0 Å². The van der Waals surface area contributed by atoms with Crippen LogP contribution >= 0.6 is 0 Å². The van der Waals surface area contributed by atoms with Gasteiger partial charge in [-0.3, -0.25) is 0 Å². The van der Waals surface area contributed by atoms with Crippen LogP contribution in [0.3, 0.4) is 0 Å². The van der Waals surface area contributed by atoms with E-state index in [9.17, 15) is 4.79 Å². The van der Waals surface area contributed by atoms with E-state index in [4.69, 9.17) is 5.11 Å². The molecule has 0 fully saturated rings. The van der Waals surface area contributed by atoms with Crippen LogP contribution in [-0.4, -0.2) is 17.6 Å². The molecule has 3 heteroatoms. The van der Waals surface area contributed by atoms with Crippen LogP contribution in [-0.2, 0) is 11.3 Å². The molecule has 0 aliphatic heterocycles. The highest BCUT2D eigenvalue weighted by atomic mass is 16.4. The van der Waals surface area contributed by atoms with Gasteiger partial charge < -0.3 is 10.4 Å². The van der Waals surface area contributed by atoms with Gasteiger partial charge in [-0.05, 0) is 17.0 Å². The molecule has 2 N–H and O–H groups in total. The number of carboxylic acid groups (broad SMARTS) is 1. The van der Waals surface area contributed by atoms with Crippen molar-refractivity contribution in [3.05, 3.63) is 47.5 Å². The minimum atomic E-state index is -0.909. The smallest absolute Gasteiger partial charge is 0.328 e. The van der Waals surface area contributed by atoms with Gasteiger partial charge >= 0.3 is 5.97 Å². The van der Waals surface area contributed by atoms with Gasteiger partial charge in [-0.15, -0.1) is 0 Å². The van der Waals surface area contributed by atoms with Gasteiger partial charge in [-0.2, -0.15) is 0 Å². The van der Waals surface area contributed by atoms with Crippen molar-refractivity contribution < 1.29 is 9.90 Å². The molecule has 0 atom stereocenters. The van der Waals surface area contributed by atoms with Gasteiger partial charge in [-0.25, -0.2) is 4.79 Å². The summed E-state index contributed by atoms with van der Waals surface area (Å²) in [5.74, 6) is -0.358.